The van der Waals surface area contributed by atoms with Gasteiger partial charge in [-0.15, -0.1) is 0 Å². The van der Waals surface area contributed by atoms with Crippen LogP contribution in [0, 0.1) is 0 Å². The topological polar surface area (TPSA) is 29.3 Å². The molecule has 3 nitrogen and oxygen atoms in total. The van der Waals surface area contributed by atoms with Gasteiger partial charge in [-0.2, -0.15) is 4.58 Å². The van der Waals surface area contributed by atoms with E-state index in [0.717, 1.165) is 17.5 Å². The predicted octanol–water partition coefficient (Wildman–Crippen LogP) is 0.0470. The minimum Gasteiger partial charge on any atom is -0.370 e. The maximum Gasteiger partial charge on any atom is 0.385 e. The summed E-state index contributed by atoms with van der Waals surface area (Å²) >= 11 is 1.78. The Balaban J connectivity index is 2.36. The molecule has 0 saturated carbocycles. The van der Waals surface area contributed by atoms with Crippen molar-refractivity contribution in [2.24, 2.45) is 0 Å². The Morgan fingerprint density at radius 2 is 2.60 bits per heavy atom. The van der Waals surface area contributed by atoms with E-state index < -0.39 is 0 Å². The third-order valence-corrected chi connectivity index (χ3v) is 2.82. The molecule has 0 aliphatic carbocycles. The predicted molar refractivity (Wildman–Crippen MR) is 38.1 cm³/mol. The number of fused-ring (bicyclic) bond motifs is 1. The number of rotatable bonds is 0. The van der Waals surface area contributed by atoms with Crippen LogP contribution in [-0.4, -0.2) is 34.1 Å². The zero-order valence-electron chi connectivity index (χ0n) is 5.66. The van der Waals surface area contributed by atoms with E-state index in [-0.39, 0.29) is 12.0 Å². The van der Waals surface area contributed by atoms with Crippen LogP contribution in [0.5, 0.6) is 0 Å². The van der Waals surface area contributed by atoms with Crippen molar-refractivity contribution in [2.45, 2.75) is 13.0 Å². The molecule has 1 saturated heterocycles. The number of hydrogen-bond acceptors (Lipinski definition) is 3. The molecule has 2 aliphatic rings. The summed E-state index contributed by atoms with van der Waals surface area (Å²) in [4.78, 5) is 11.0. The van der Waals surface area contributed by atoms with Gasteiger partial charge in [-0.05, 0) is 0 Å². The molecule has 1 unspecified atom stereocenters. The van der Waals surface area contributed by atoms with Gasteiger partial charge in [-0.25, -0.2) is 4.79 Å². The number of esters is 1. The summed E-state index contributed by atoms with van der Waals surface area (Å²) in [5.41, 5.74) is 0. The molecule has 54 valence electrons. The fraction of sp³-hybridized carbons (Fsp3) is 0.667. The Bertz CT molecular complexity index is 224. The Hall–Kier alpha value is -0.510. The summed E-state index contributed by atoms with van der Waals surface area (Å²) < 4.78 is 6.93. The quantitative estimate of drug-likeness (QED) is 0.368. The van der Waals surface area contributed by atoms with Crippen LogP contribution in [0.2, 0.25) is 0 Å². The summed E-state index contributed by atoms with van der Waals surface area (Å²) in [6, 6.07) is 0.0185. The number of cyclic esters (lactones) is 1. The first kappa shape index (κ1) is 6.22. The van der Waals surface area contributed by atoms with Crippen LogP contribution in [0.15, 0.2) is 0 Å². The molecule has 1 atom stereocenters. The minimum atomic E-state index is -0.0810. The first-order valence-corrected chi connectivity index (χ1v) is 4.34. The van der Waals surface area contributed by atoms with Gasteiger partial charge in [0.25, 0.3) is 6.04 Å². The lowest BCUT2D eigenvalue weighted by Crippen LogP contribution is -2.24. The van der Waals surface area contributed by atoms with Gasteiger partial charge in [0.15, 0.2) is 5.88 Å². The maximum absolute atomic E-state index is 11.0. The number of carbonyl (C=O) groups is 1. The maximum atomic E-state index is 11.0. The average Bonchev–Trinajstić information content (AvgIpc) is 2.39. The zero-order chi connectivity index (χ0) is 7.14. The normalized spacial score (nSPS) is 30.9. The van der Waals surface area contributed by atoms with Crippen molar-refractivity contribution >= 4 is 23.6 Å². The second-order valence-electron chi connectivity index (χ2n) is 2.43. The summed E-state index contributed by atoms with van der Waals surface area (Å²) in [5, 5.41) is 0. The molecule has 0 aromatic carbocycles. The molecule has 0 amide bonds. The van der Waals surface area contributed by atoms with E-state index >= 15 is 0 Å². The molecule has 2 heterocycles. The van der Waals surface area contributed by atoms with Gasteiger partial charge in [0.2, 0.25) is 0 Å². The van der Waals surface area contributed by atoms with Crippen LogP contribution in [0.3, 0.4) is 0 Å². The van der Waals surface area contributed by atoms with Crippen molar-refractivity contribution < 1.29 is 14.1 Å². The standard InChI is InChI=1S/C6H8NO2S/c1-4-7-3-10-2-5(7)6(8)9-4/h5H,2-3H2,1H3/q+1. The summed E-state index contributed by atoms with van der Waals surface area (Å²) in [7, 11) is 0. The highest BCUT2D eigenvalue weighted by Gasteiger charge is 2.45. The number of hydrogen-bond donors (Lipinski definition) is 0. The Labute approximate surface area is 63.1 Å². The lowest BCUT2D eigenvalue weighted by atomic mass is 10.3. The van der Waals surface area contributed by atoms with Crippen molar-refractivity contribution in [2.75, 3.05) is 11.6 Å². The summed E-state index contributed by atoms with van der Waals surface area (Å²) in [6.45, 7) is 1.84. The SMILES string of the molecule is CC1=[N+]2CSCC2C(=O)O1. The van der Waals surface area contributed by atoms with E-state index in [1.165, 1.54) is 0 Å². The summed E-state index contributed by atoms with van der Waals surface area (Å²) in [6.07, 6.45) is 0. The van der Waals surface area contributed by atoms with E-state index in [1.807, 2.05) is 11.5 Å². The molecule has 0 radical (unpaired) electrons. The van der Waals surface area contributed by atoms with Gasteiger partial charge in [0, 0.05) is 0 Å². The second-order valence-corrected chi connectivity index (χ2v) is 3.43. The lowest BCUT2D eigenvalue weighted by Gasteiger charge is -1.87. The fourth-order valence-electron chi connectivity index (χ4n) is 1.22. The van der Waals surface area contributed by atoms with Gasteiger partial charge in [-0.1, -0.05) is 11.8 Å². The Morgan fingerprint density at radius 3 is 3.30 bits per heavy atom. The molecule has 0 aromatic rings. The number of ether oxygens (including phenoxy) is 1. The first-order valence-electron chi connectivity index (χ1n) is 3.18. The second kappa shape index (κ2) is 1.99. The molecule has 0 N–H and O–H groups in total. The van der Waals surface area contributed by atoms with Crippen LogP contribution in [-0.2, 0) is 9.53 Å². The van der Waals surface area contributed by atoms with E-state index in [9.17, 15) is 4.79 Å². The van der Waals surface area contributed by atoms with Crippen molar-refractivity contribution in [1.82, 2.24) is 0 Å². The van der Waals surface area contributed by atoms with Gasteiger partial charge in [0.05, 0.1) is 12.7 Å². The highest BCUT2D eigenvalue weighted by atomic mass is 32.2. The third kappa shape index (κ3) is 0.683. The largest absolute Gasteiger partial charge is 0.385 e. The van der Waals surface area contributed by atoms with E-state index in [2.05, 4.69) is 0 Å². The lowest BCUT2D eigenvalue weighted by molar-refractivity contribution is -0.516. The van der Waals surface area contributed by atoms with Gasteiger partial charge in [-0.3, -0.25) is 0 Å². The average molecular weight is 158 g/mol. The van der Waals surface area contributed by atoms with E-state index in [1.54, 1.807) is 11.8 Å². The molecular formula is C6H8NO2S+. The number of thioether (sulfide) groups is 1. The zero-order valence-corrected chi connectivity index (χ0v) is 6.48. The fourth-order valence-corrected chi connectivity index (χ4v) is 2.42. The molecule has 2 rings (SSSR count). The van der Waals surface area contributed by atoms with Gasteiger partial charge < -0.3 is 4.74 Å². The summed E-state index contributed by atoms with van der Waals surface area (Å²) in [5.74, 6) is 2.47. The minimum absolute atomic E-state index is 0.0185. The van der Waals surface area contributed by atoms with Crippen LogP contribution in [0.4, 0.5) is 0 Å². The molecule has 0 bridgehead atoms. The Morgan fingerprint density at radius 1 is 1.80 bits per heavy atom. The molecule has 4 heteroatoms. The van der Waals surface area contributed by atoms with Crippen molar-refractivity contribution in [1.29, 1.82) is 0 Å². The van der Waals surface area contributed by atoms with Crippen LogP contribution in [0.25, 0.3) is 0 Å². The smallest absolute Gasteiger partial charge is 0.370 e. The highest BCUT2D eigenvalue weighted by molar-refractivity contribution is 7.99. The van der Waals surface area contributed by atoms with Crippen molar-refractivity contribution in [3.05, 3.63) is 0 Å². The number of nitrogens with zero attached hydrogens (tertiary/aromatic N) is 1. The Kier molecular flexibility index (Phi) is 1.23. The molecular weight excluding hydrogens is 150 g/mol. The van der Waals surface area contributed by atoms with Crippen molar-refractivity contribution in [3.63, 3.8) is 0 Å². The molecule has 1 fully saturated rings. The van der Waals surface area contributed by atoms with Gasteiger partial charge in [0.1, 0.15) is 0 Å². The van der Waals surface area contributed by atoms with Crippen molar-refractivity contribution in [3.8, 4) is 0 Å². The molecule has 10 heavy (non-hydrogen) atoms. The van der Waals surface area contributed by atoms with Crippen LogP contribution in [0.1, 0.15) is 6.92 Å². The van der Waals surface area contributed by atoms with E-state index in [0.29, 0.717) is 0 Å². The first-order chi connectivity index (χ1) is 4.79. The van der Waals surface area contributed by atoms with Crippen LogP contribution >= 0.6 is 11.8 Å². The molecule has 0 aromatic heterocycles. The van der Waals surface area contributed by atoms with E-state index in [4.69, 9.17) is 4.74 Å². The third-order valence-electron chi connectivity index (χ3n) is 1.81. The van der Waals surface area contributed by atoms with Gasteiger partial charge >= 0.3 is 11.9 Å². The highest BCUT2D eigenvalue weighted by Crippen LogP contribution is 2.21. The number of carbonyl (C=O) groups excluding carboxylic acids is 1. The monoisotopic (exact) mass is 158 g/mol. The molecule has 0 spiro atoms. The molecule has 2 aliphatic heterocycles. The van der Waals surface area contributed by atoms with Crippen LogP contribution < -0.4 is 0 Å².